The second-order valence-corrected chi connectivity index (χ2v) is 5.68. The highest BCUT2D eigenvalue weighted by Gasteiger charge is 2.23. The second kappa shape index (κ2) is 6.83. The van der Waals surface area contributed by atoms with Gasteiger partial charge in [0.15, 0.2) is 11.5 Å². The lowest BCUT2D eigenvalue weighted by Crippen LogP contribution is -2.36. The minimum Gasteiger partial charge on any atom is -0.497 e. The van der Waals surface area contributed by atoms with Crippen LogP contribution in [0.2, 0.25) is 0 Å². The van der Waals surface area contributed by atoms with E-state index in [1.807, 2.05) is 17.0 Å². The summed E-state index contributed by atoms with van der Waals surface area (Å²) in [6.07, 6.45) is 0.803. The van der Waals surface area contributed by atoms with Gasteiger partial charge in [0.25, 0.3) is 5.91 Å². The third kappa shape index (κ3) is 3.02. The maximum Gasteiger partial charge on any atom is 0.254 e. The van der Waals surface area contributed by atoms with Crippen molar-refractivity contribution in [3.05, 3.63) is 53.1 Å². The first-order valence-electron chi connectivity index (χ1n) is 7.83. The van der Waals surface area contributed by atoms with Crippen LogP contribution in [-0.2, 0) is 13.0 Å². The van der Waals surface area contributed by atoms with Gasteiger partial charge in [-0.25, -0.2) is 0 Å². The first kappa shape index (κ1) is 16.2. The average molecular weight is 327 g/mol. The van der Waals surface area contributed by atoms with Gasteiger partial charge >= 0.3 is 0 Å². The molecule has 0 aliphatic carbocycles. The first-order chi connectivity index (χ1) is 11.7. The van der Waals surface area contributed by atoms with Gasteiger partial charge in [0.1, 0.15) is 5.75 Å². The molecule has 3 rings (SSSR count). The number of carbonyl (C=O) groups is 1. The summed E-state index contributed by atoms with van der Waals surface area (Å²) in [6, 6.07) is 11.2. The van der Waals surface area contributed by atoms with Crippen LogP contribution in [-0.4, -0.2) is 38.7 Å². The molecule has 0 saturated heterocycles. The van der Waals surface area contributed by atoms with Crippen molar-refractivity contribution in [3.8, 4) is 17.2 Å². The molecule has 5 nitrogen and oxygen atoms in total. The Kier molecular flexibility index (Phi) is 4.60. The van der Waals surface area contributed by atoms with Gasteiger partial charge < -0.3 is 19.1 Å². The largest absolute Gasteiger partial charge is 0.497 e. The molecule has 0 aromatic heterocycles. The van der Waals surface area contributed by atoms with Crippen LogP contribution in [0.3, 0.4) is 0 Å². The summed E-state index contributed by atoms with van der Waals surface area (Å²) in [5.41, 5.74) is 2.96. The molecular formula is C19H21NO4. The Hall–Kier alpha value is -2.69. The summed E-state index contributed by atoms with van der Waals surface area (Å²) in [5, 5.41) is 0. The van der Waals surface area contributed by atoms with Gasteiger partial charge in [0.2, 0.25) is 0 Å². The van der Waals surface area contributed by atoms with Crippen molar-refractivity contribution in [1.82, 2.24) is 4.90 Å². The fourth-order valence-electron chi connectivity index (χ4n) is 2.97. The quantitative estimate of drug-likeness (QED) is 0.866. The second-order valence-electron chi connectivity index (χ2n) is 5.68. The molecule has 0 fully saturated rings. The Labute approximate surface area is 141 Å². The van der Waals surface area contributed by atoms with Crippen LogP contribution in [0.25, 0.3) is 0 Å². The van der Waals surface area contributed by atoms with Crippen LogP contribution in [0.5, 0.6) is 17.2 Å². The maximum atomic E-state index is 12.7. The number of rotatable bonds is 4. The summed E-state index contributed by atoms with van der Waals surface area (Å²) in [4.78, 5) is 14.6. The fourth-order valence-corrected chi connectivity index (χ4v) is 2.97. The van der Waals surface area contributed by atoms with Gasteiger partial charge in [-0.3, -0.25) is 4.79 Å². The van der Waals surface area contributed by atoms with Crippen LogP contribution in [0.15, 0.2) is 36.4 Å². The third-order valence-corrected chi connectivity index (χ3v) is 4.34. The van der Waals surface area contributed by atoms with E-state index in [1.54, 1.807) is 45.6 Å². The van der Waals surface area contributed by atoms with E-state index in [4.69, 9.17) is 14.2 Å². The fraction of sp³-hybridized carbons (Fsp3) is 0.316. The molecule has 1 aliphatic rings. The molecule has 0 spiro atoms. The van der Waals surface area contributed by atoms with Crippen molar-refractivity contribution in [1.29, 1.82) is 0 Å². The topological polar surface area (TPSA) is 48.0 Å². The number of hydrogen-bond acceptors (Lipinski definition) is 4. The minimum atomic E-state index is 0.0260. The van der Waals surface area contributed by atoms with Crippen LogP contribution in [0.1, 0.15) is 21.5 Å². The number of amides is 1. The standard InChI is InChI=1S/C19H21NO4/c1-22-16-6-4-13(5-7-16)19(21)20-9-8-14-10-17(23-2)18(24-3)11-15(14)12-20/h4-7,10-11H,8-9,12H2,1-3H3. The molecule has 0 bridgehead atoms. The van der Waals surface area contributed by atoms with Crippen molar-refractivity contribution in [2.75, 3.05) is 27.9 Å². The van der Waals surface area contributed by atoms with E-state index in [0.29, 0.717) is 24.4 Å². The molecule has 1 amide bonds. The molecule has 24 heavy (non-hydrogen) atoms. The predicted octanol–water partition coefficient (Wildman–Crippen LogP) is 2.91. The Bertz CT molecular complexity index is 740. The van der Waals surface area contributed by atoms with Gasteiger partial charge in [-0.15, -0.1) is 0 Å². The zero-order valence-electron chi connectivity index (χ0n) is 14.2. The Morgan fingerprint density at radius 2 is 1.54 bits per heavy atom. The highest BCUT2D eigenvalue weighted by molar-refractivity contribution is 5.94. The van der Waals surface area contributed by atoms with Crippen molar-refractivity contribution < 1.29 is 19.0 Å². The van der Waals surface area contributed by atoms with Crippen molar-refractivity contribution >= 4 is 5.91 Å². The number of methoxy groups -OCH3 is 3. The maximum absolute atomic E-state index is 12.7. The number of carbonyl (C=O) groups excluding carboxylic acids is 1. The Balaban J connectivity index is 1.82. The average Bonchev–Trinajstić information content (AvgIpc) is 2.65. The minimum absolute atomic E-state index is 0.0260. The van der Waals surface area contributed by atoms with Gasteiger partial charge in [-0.2, -0.15) is 0 Å². The molecule has 1 heterocycles. The van der Waals surface area contributed by atoms with Crippen LogP contribution >= 0.6 is 0 Å². The normalized spacial score (nSPS) is 13.2. The number of hydrogen-bond donors (Lipinski definition) is 0. The van der Waals surface area contributed by atoms with Gasteiger partial charge in [0.05, 0.1) is 21.3 Å². The Morgan fingerprint density at radius 3 is 2.12 bits per heavy atom. The number of benzene rings is 2. The van der Waals surface area contributed by atoms with Gasteiger partial charge in [-0.05, 0) is 53.9 Å². The van der Waals surface area contributed by atoms with Gasteiger partial charge in [-0.1, -0.05) is 0 Å². The number of ether oxygens (including phenoxy) is 3. The van der Waals surface area contributed by atoms with Crippen molar-refractivity contribution in [3.63, 3.8) is 0 Å². The molecule has 5 heteroatoms. The van der Waals surface area contributed by atoms with Gasteiger partial charge in [0, 0.05) is 18.7 Å². The van der Waals surface area contributed by atoms with E-state index in [1.165, 1.54) is 5.56 Å². The molecule has 0 N–H and O–H groups in total. The van der Waals surface area contributed by atoms with E-state index >= 15 is 0 Å². The zero-order valence-corrected chi connectivity index (χ0v) is 14.2. The van der Waals surface area contributed by atoms with Crippen LogP contribution in [0.4, 0.5) is 0 Å². The third-order valence-electron chi connectivity index (χ3n) is 4.34. The van der Waals surface area contributed by atoms with E-state index in [0.717, 1.165) is 23.5 Å². The van der Waals surface area contributed by atoms with E-state index in [9.17, 15) is 4.79 Å². The number of nitrogens with zero attached hydrogens (tertiary/aromatic N) is 1. The predicted molar refractivity (Wildman–Crippen MR) is 91.0 cm³/mol. The molecule has 2 aromatic rings. The van der Waals surface area contributed by atoms with Crippen molar-refractivity contribution in [2.24, 2.45) is 0 Å². The molecule has 1 aliphatic heterocycles. The van der Waals surface area contributed by atoms with Crippen LogP contribution in [0, 0.1) is 0 Å². The van der Waals surface area contributed by atoms with E-state index < -0.39 is 0 Å². The Morgan fingerprint density at radius 1 is 0.917 bits per heavy atom. The summed E-state index contributed by atoms with van der Waals surface area (Å²) < 4.78 is 15.9. The molecule has 0 atom stereocenters. The summed E-state index contributed by atoms with van der Waals surface area (Å²) in [7, 11) is 4.86. The molecular weight excluding hydrogens is 306 g/mol. The lowest BCUT2D eigenvalue weighted by atomic mass is 9.98. The summed E-state index contributed by atoms with van der Waals surface area (Å²) in [5.74, 6) is 2.19. The zero-order chi connectivity index (χ0) is 17.1. The highest BCUT2D eigenvalue weighted by atomic mass is 16.5. The monoisotopic (exact) mass is 327 g/mol. The number of fused-ring (bicyclic) bond motifs is 1. The first-order valence-corrected chi connectivity index (χ1v) is 7.83. The lowest BCUT2D eigenvalue weighted by molar-refractivity contribution is 0.0734. The lowest BCUT2D eigenvalue weighted by Gasteiger charge is -2.29. The smallest absolute Gasteiger partial charge is 0.254 e. The molecule has 0 unspecified atom stereocenters. The van der Waals surface area contributed by atoms with Crippen LogP contribution < -0.4 is 14.2 Å². The van der Waals surface area contributed by atoms with Crippen molar-refractivity contribution in [2.45, 2.75) is 13.0 Å². The highest BCUT2D eigenvalue weighted by Crippen LogP contribution is 2.33. The molecule has 0 radical (unpaired) electrons. The summed E-state index contributed by atoms with van der Waals surface area (Å²) in [6.45, 7) is 1.26. The SMILES string of the molecule is COc1ccc(C(=O)N2CCc3cc(OC)c(OC)cc3C2)cc1. The molecule has 2 aromatic carbocycles. The van der Waals surface area contributed by atoms with E-state index in [2.05, 4.69) is 0 Å². The molecule has 0 saturated carbocycles. The molecule has 126 valence electrons. The van der Waals surface area contributed by atoms with E-state index in [-0.39, 0.29) is 5.91 Å². The summed E-state index contributed by atoms with van der Waals surface area (Å²) >= 11 is 0.